The minimum Gasteiger partial charge on any atom is -0.444 e. The molecule has 0 radical (unpaired) electrons. The fourth-order valence-electron chi connectivity index (χ4n) is 3.82. The predicted molar refractivity (Wildman–Crippen MR) is 131 cm³/mol. The molecule has 0 spiro atoms. The highest BCUT2D eigenvalue weighted by Crippen LogP contribution is 2.34. The van der Waals surface area contributed by atoms with Crippen molar-refractivity contribution in [1.29, 1.82) is 0 Å². The number of fused-ring (bicyclic) bond motifs is 1. The highest BCUT2D eigenvalue weighted by molar-refractivity contribution is 7.15. The first-order chi connectivity index (χ1) is 15.5. The Morgan fingerprint density at radius 3 is 2.61 bits per heavy atom. The highest BCUT2D eigenvalue weighted by Gasteiger charge is 2.31. The zero-order chi connectivity index (χ0) is 24.0. The van der Waals surface area contributed by atoms with Crippen LogP contribution in [0.1, 0.15) is 59.9 Å². The Morgan fingerprint density at radius 1 is 1.21 bits per heavy atom. The van der Waals surface area contributed by atoms with Crippen LogP contribution in [-0.4, -0.2) is 60.2 Å². The molecule has 0 unspecified atom stereocenters. The molecule has 1 aliphatic rings. The van der Waals surface area contributed by atoms with E-state index in [1.165, 1.54) is 0 Å². The number of amides is 1. The number of likely N-dealkylation sites (tertiary alicyclic amines) is 1. The third-order valence-corrected chi connectivity index (χ3v) is 6.82. The fraction of sp³-hybridized carbons (Fsp3) is 0.609. The SMILES string of the molecule is CCn1c(-c2cnc(C(C)(C)C)s2)nc2c(N[C@H]3CCN(C(=O)OC(C)(C)C)C3)ncnc21. The number of hydrogen-bond donors (Lipinski definition) is 1. The van der Waals surface area contributed by atoms with Crippen molar-refractivity contribution in [3.05, 3.63) is 17.5 Å². The van der Waals surface area contributed by atoms with Crippen molar-refractivity contribution in [2.45, 2.75) is 78.5 Å². The molecular weight excluding hydrogens is 438 g/mol. The van der Waals surface area contributed by atoms with Crippen molar-refractivity contribution >= 4 is 34.4 Å². The number of nitrogens with zero attached hydrogens (tertiary/aromatic N) is 6. The lowest BCUT2D eigenvalue weighted by atomic mass is 9.98. The van der Waals surface area contributed by atoms with Crippen LogP contribution in [0, 0.1) is 0 Å². The van der Waals surface area contributed by atoms with E-state index < -0.39 is 5.60 Å². The van der Waals surface area contributed by atoms with Gasteiger partial charge in [-0.25, -0.2) is 24.7 Å². The first-order valence-corrected chi connectivity index (χ1v) is 12.2. The number of thiazole rings is 1. The molecule has 3 aromatic heterocycles. The number of aryl methyl sites for hydroxylation is 1. The lowest BCUT2D eigenvalue weighted by Crippen LogP contribution is -2.36. The van der Waals surface area contributed by atoms with Crippen LogP contribution in [0.3, 0.4) is 0 Å². The highest BCUT2D eigenvalue weighted by atomic mass is 32.1. The number of ether oxygens (including phenoxy) is 1. The van der Waals surface area contributed by atoms with E-state index in [-0.39, 0.29) is 17.6 Å². The Morgan fingerprint density at radius 2 is 1.97 bits per heavy atom. The Hall–Kier alpha value is -2.75. The molecule has 4 rings (SSSR count). The van der Waals surface area contributed by atoms with Crippen LogP contribution in [0.25, 0.3) is 21.9 Å². The summed E-state index contributed by atoms with van der Waals surface area (Å²) in [6, 6.07) is 0.0711. The maximum absolute atomic E-state index is 12.4. The summed E-state index contributed by atoms with van der Waals surface area (Å²) in [7, 11) is 0. The lowest BCUT2D eigenvalue weighted by Gasteiger charge is -2.24. The molecule has 0 bridgehead atoms. The van der Waals surface area contributed by atoms with Gasteiger partial charge < -0.3 is 19.5 Å². The van der Waals surface area contributed by atoms with Gasteiger partial charge >= 0.3 is 6.09 Å². The first-order valence-electron chi connectivity index (χ1n) is 11.4. The van der Waals surface area contributed by atoms with E-state index in [0.29, 0.717) is 18.9 Å². The van der Waals surface area contributed by atoms with E-state index in [2.05, 4.69) is 52.5 Å². The molecule has 0 aliphatic carbocycles. The zero-order valence-electron chi connectivity index (χ0n) is 20.5. The van der Waals surface area contributed by atoms with Gasteiger partial charge in [0.15, 0.2) is 22.8 Å². The Balaban J connectivity index is 1.59. The van der Waals surface area contributed by atoms with Crippen molar-refractivity contribution in [1.82, 2.24) is 29.4 Å². The van der Waals surface area contributed by atoms with Crippen molar-refractivity contribution in [2.75, 3.05) is 18.4 Å². The summed E-state index contributed by atoms with van der Waals surface area (Å²) in [5, 5.41) is 4.56. The van der Waals surface area contributed by atoms with Gasteiger partial charge in [0.05, 0.1) is 9.88 Å². The smallest absolute Gasteiger partial charge is 0.410 e. The van der Waals surface area contributed by atoms with Crippen molar-refractivity contribution in [2.24, 2.45) is 0 Å². The molecule has 1 amide bonds. The summed E-state index contributed by atoms with van der Waals surface area (Å²) < 4.78 is 7.61. The number of hydrogen-bond acceptors (Lipinski definition) is 8. The average Bonchev–Trinajstić information content (AvgIpc) is 3.44. The number of anilines is 1. The van der Waals surface area contributed by atoms with Crippen LogP contribution in [0.4, 0.5) is 10.6 Å². The molecule has 1 saturated heterocycles. The minimum atomic E-state index is -0.506. The minimum absolute atomic E-state index is 0.0129. The number of nitrogens with one attached hydrogen (secondary N) is 1. The number of carbonyl (C=O) groups is 1. The van der Waals surface area contributed by atoms with E-state index in [1.807, 2.05) is 27.0 Å². The van der Waals surface area contributed by atoms with Gasteiger partial charge in [-0.15, -0.1) is 11.3 Å². The summed E-state index contributed by atoms with van der Waals surface area (Å²) in [5.74, 6) is 1.54. The number of imidazole rings is 1. The van der Waals surface area contributed by atoms with E-state index in [9.17, 15) is 4.79 Å². The van der Waals surface area contributed by atoms with Gasteiger partial charge in [0.1, 0.15) is 11.9 Å². The molecule has 0 saturated carbocycles. The number of carbonyl (C=O) groups excluding carboxylic acids is 1. The molecule has 4 heterocycles. The van der Waals surface area contributed by atoms with Gasteiger partial charge in [-0.1, -0.05) is 20.8 Å². The monoisotopic (exact) mass is 471 g/mol. The van der Waals surface area contributed by atoms with E-state index >= 15 is 0 Å². The standard InChI is InChI=1S/C23H33N7O2S/c1-8-30-18(15-11-24-20(33-15)22(2,3)4)28-16-17(25-13-26-19(16)30)27-14-9-10-29(12-14)21(31)32-23(5,6)7/h11,13-14H,8-10,12H2,1-7H3,(H,25,26,27)/t14-/m0/s1. The van der Waals surface area contributed by atoms with E-state index in [0.717, 1.165) is 39.8 Å². The van der Waals surface area contributed by atoms with Crippen LogP contribution in [0.15, 0.2) is 12.5 Å². The van der Waals surface area contributed by atoms with Crippen LogP contribution in [0.5, 0.6) is 0 Å². The molecule has 0 aromatic carbocycles. The molecule has 9 nitrogen and oxygen atoms in total. The second-order valence-electron chi connectivity index (χ2n) is 10.4. The molecule has 1 fully saturated rings. The second kappa shape index (κ2) is 8.55. The van der Waals surface area contributed by atoms with E-state index in [1.54, 1.807) is 22.6 Å². The van der Waals surface area contributed by atoms with Gasteiger partial charge in [0.2, 0.25) is 0 Å². The van der Waals surface area contributed by atoms with Gasteiger partial charge in [-0.2, -0.15) is 0 Å². The van der Waals surface area contributed by atoms with Crippen LogP contribution in [-0.2, 0) is 16.7 Å². The molecular formula is C23H33N7O2S. The molecule has 33 heavy (non-hydrogen) atoms. The van der Waals surface area contributed by atoms with Gasteiger partial charge in [0, 0.05) is 37.3 Å². The maximum Gasteiger partial charge on any atom is 0.410 e. The lowest BCUT2D eigenvalue weighted by molar-refractivity contribution is 0.0293. The van der Waals surface area contributed by atoms with Gasteiger partial charge in [-0.05, 0) is 34.1 Å². The molecule has 1 aliphatic heterocycles. The summed E-state index contributed by atoms with van der Waals surface area (Å²) in [6.45, 7) is 16.1. The average molecular weight is 472 g/mol. The third kappa shape index (κ3) is 4.95. The topological polar surface area (TPSA) is 98.1 Å². The predicted octanol–water partition coefficient (Wildman–Crippen LogP) is 4.69. The molecule has 1 atom stereocenters. The quantitative estimate of drug-likeness (QED) is 0.589. The largest absolute Gasteiger partial charge is 0.444 e. The first kappa shape index (κ1) is 23.4. The van der Waals surface area contributed by atoms with Crippen molar-refractivity contribution in [3.8, 4) is 10.7 Å². The molecule has 3 aromatic rings. The summed E-state index contributed by atoms with van der Waals surface area (Å²) in [4.78, 5) is 33.7. The Labute approximate surface area is 198 Å². The van der Waals surface area contributed by atoms with Crippen LogP contribution < -0.4 is 5.32 Å². The van der Waals surface area contributed by atoms with Crippen LogP contribution >= 0.6 is 11.3 Å². The maximum atomic E-state index is 12.4. The third-order valence-electron chi connectivity index (χ3n) is 5.40. The fourth-order valence-corrected chi connectivity index (χ4v) is 4.79. The Bertz CT molecular complexity index is 1160. The summed E-state index contributed by atoms with van der Waals surface area (Å²) in [5.41, 5.74) is 1.00. The second-order valence-corrected chi connectivity index (χ2v) is 11.4. The van der Waals surface area contributed by atoms with Gasteiger partial charge in [-0.3, -0.25) is 0 Å². The van der Waals surface area contributed by atoms with Crippen molar-refractivity contribution < 1.29 is 9.53 Å². The normalized spacial score (nSPS) is 17.1. The zero-order valence-corrected chi connectivity index (χ0v) is 21.3. The summed E-state index contributed by atoms with van der Waals surface area (Å²) >= 11 is 1.66. The molecule has 1 N–H and O–H groups in total. The van der Waals surface area contributed by atoms with Crippen molar-refractivity contribution in [3.63, 3.8) is 0 Å². The molecule has 178 valence electrons. The van der Waals surface area contributed by atoms with Crippen LogP contribution in [0.2, 0.25) is 0 Å². The molecule has 10 heteroatoms. The number of aromatic nitrogens is 5. The van der Waals surface area contributed by atoms with Gasteiger partial charge in [0.25, 0.3) is 0 Å². The number of rotatable bonds is 4. The van der Waals surface area contributed by atoms with E-state index in [4.69, 9.17) is 9.72 Å². The summed E-state index contributed by atoms with van der Waals surface area (Å²) in [6.07, 6.45) is 4.00. The Kier molecular flexibility index (Phi) is 6.07.